The number of nitrogens with zero attached hydrogens (tertiary/aromatic N) is 3. The summed E-state index contributed by atoms with van der Waals surface area (Å²) in [5, 5.41) is 3.30. The lowest BCUT2D eigenvalue weighted by atomic mass is 10.1. The van der Waals surface area contributed by atoms with Crippen molar-refractivity contribution in [3.8, 4) is 0 Å². The Balaban J connectivity index is 1.49. The van der Waals surface area contributed by atoms with E-state index in [-0.39, 0.29) is 5.91 Å². The Bertz CT molecular complexity index is 424. The van der Waals surface area contributed by atoms with Crippen LogP contribution in [0.4, 0.5) is 0 Å². The van der Waals surface area contributed by atoms with Crippen LogP contribution in [0, 0.1) is 0 Å². The third kappa shape index (κ3) is 2.93. The topological polar surface area (TPSA) is 48.5 Å². The quantitative estimate of drug-likeness (QED) is 0.813. The van der Waals surface area contributed by atoms with Gasteiger partial charge in [-0.3, -0.25) is 14.7 Å². The second-order valence-electron chi connectivity index (χ2n) is 5.26. The van der Waals surface area contributed by atoms with E-state index in [4.69, 9.17) is 0 Å². The monoisotopic (exact) mass is 260 g/mol. The van der Waals surface area contributed by atoms with Crippen molar-refractivity contribution in [2.24, 2.45) is 0 Å². The van der Waals surface area contributed by atoms with Crippen LogP contribution in [0.1, 0.15) is 5.56 Å². The minimum atomic E-state index is 0.234. The smallest absolute Gasteiger partial charge is 0.227 e. The lowest BCUT2D eigenvalue weighted by molar-refractivity contribution is -0.132. The van der Waals surface area contributed by atoms with Crippen LogP contribution in [0.25, 0.3) is 0 Å². The maximum atomic E-state index is 12.2. The normalized spacial score (nSPS) is 21.2. The van der Waals surface area contributed by atoms with Gasteiger partial charge in [0.05, 0.1) is 6.42 Å². The van der Waals surface area contributed by atoms with Crippen LogP contribution in [-0.2, 0) is 11.2 Å². The van der Waals surface area contributed by atoms with Crippen molar-refractivity contribution in [1.82, 2.24) is 20.1 Å². The molecule has 1 amide bonds. The summed E-state index contributed by atoms with van der Waals surface area (Å²) in [4.78, 5) is 20.7. The molecule has 2 saturated heterocycles. The highest BCUT2D eigenvalue weighted by Crippen LogP contribution is 2.11. The minimum Gasteiger partial charge on any atom is -0.340 e. The van der Waals surface area contributed by atoms with Gasteiger partial charge in [0.1, 0.15) is 0 Å². The molecule has 1 N–H and O–H groups in total. The Morgan fingerprint density at radius 2 is 1.89 bits per heavy atom. The summed E-state index contributed by atoms with van der Waals surface area (Å²) in [7, 11) is 0. The molecule has 3 rings (SSSR count). The van der Waals surface area contributed by atoms with Crippen molar-refractivity contribution in [3.63, 3.8) is 0 Å². The highest BCUT2D eigenvalue weighted by atomic mass is 16.2. The Hall–Kier alpha value is -1.46. The van der Waals surface area contributed by atoms with Gasteiger partial charge in [0.2, 0.25) is 5.91 Å². The Labute approximate surface area is 113 Å². The van der Waals surface area contributed by atoms with Gasteiger partial charge in [0, 0.05) is 57.7 Å². The first kappa shape index (κ1) is 12.6. The van der Waals surface area contributed by atoms with Gasteiger partial charge in [-0.25, -0.2) is 0 Å². The van der Waals surface area contributed by atoms with Crippen molar-refractivity contribution >= 4 is 5.91 Å². The molecule has 1 aromatic heterocycles. The molecule has 19 heavy (non-hydrogen) atoms. The lowest BCUT2D eigenvalue weighted by Crippen LogP contribution is -2.62. The summed E-state index contributed by atoms with van der Waals surface area (Å²) in [5.74, 6) is 0.234. The van der Waals surface area contributed by atoms with Crippen LogP contribution < -0.4 is 5.32 Å². The molecule has 0 saturated carbocycles. The van der Waals surface area contributed by atoms with E-state index in [1.54, 1.807) is 12.4 Å². The molecule has 102 valence electrons. The van der Waals surface area contributed by atoms with Gasteiger partial charge >= 0.3 is 0 Å². The van der Waals surface area contributed by atoms with Gasteiger partial charge in [-0.2, -0.15) is 0 Å². The molecule has 0 aromatic carbocycles. The number of hydrogen-bond donors (Lipinski definition) is 1. The fourth-order valence-corrected chi connectivity index (χ4v) is 2.66. The van der Waals surface area contributed by atoms with Crippen molar-refractivity contribution in [2.75, 3.05) is 39.3 Å². The molecular weight excluding hydrogens is 240 g/mol. The molecular formula is C14H20N4O. The first-order valence-corrected chi connectivity index (χ1v) is 6.94. The van der Waals surface area contributed by atoms with Gasteiger partial charge in [-0.1, -0.05) is 0 Å². The highest BCUT2D eigenvalue weighted by molar-refractivity contribution is 5.78. The number of aromatic nitrogens is 1. The number of piperazine rings is 1. The lowest BCUT2D eigenvalue weighted by Gasteiger charge is -2.43. The summed E-state index contributed by atoms with van der Waals surface area (Å²) < 4.78 is 0. The first-order chi connectivity index (χ1) is 9.33. The number of pyridine rings is 1. The van der Waals surface area contributed by atoms with Crippen molar-refractivity contribution in [3.05, 3.63) is 30.1 Å². The molecule has 0 aliphatic carbocycles. The number of rotatable bonds is 3. The first-order valence-electron chi connectivity index (χ1n) is 6.94. The van der Waals surface area contributed by atoms with Crippen LogP contribution >= 0.6 is 0 Å². The zero-order valence-electron chi connectivity index (χ0n) is 11.1. The molecule has 5 heteroatoms. The molecule has 0 bridgehead atoms. The summed E-state index contributed by atoms with van der Waals surface area (Å²) in [5.41, 5.74) is 1.05. The van der Waals surface area contributed by atoms with Crippen LogP contribution in [0.2, 0.25) is 0 Å². The van der Waals surface area contributed by atoms with Crippen LogP contribution in [0.15, 0.2) is 24.5 Å². The van der Waals surface area contributed by atoms with Crippen LogP contribution in [0.3, 0.4) is 0 Å². The maximum absolute atomic E-state index is 12.2. The zero-order chi connectivity index (χ0) is 13.1. The van der Waals surface area contributed by atoms with E-state index in [1.807, 2.05) is 17.0 Å². The molecule has 1 aromatic rings. The predicted octanol–water partition coefficient (Wildman–Crippen LogP) is -0.260. The third-order valence-corrected chi connectivity index (χ3v) is 4.05. The second-order valence-corrected chi connectivity index (χ2v) is 5.26. The van der Waals surface area contributed by atoms with Crippen molar-refractivity contribution in [2.45, 2.75) is 12.5 Å². The number of nitrogens with one attached hydrogen (secondary N) is 1. The van der Waals surface area contributed by atoms with E-state index in [9.17, 15) is 4.79 Å². The summed E-state index contributed by atoms with van der Waals surface area (Å²) in [6.45, 7) is 5.94. The molecule has 5 nitrogen and oxygen atoms in total. The number of hydrogen-bond acceptors (Lipinski definition) is 4. The number of amides is 1. The van der Waals surface area contributed by atoms with Gasteiger partial charge in [0.15, 0.2) is 0 Å². The van der Waals surface area contributed by atoms with E-state index in [0.717, 1.165) is 44.8 Å². The van der Waals surface area contributed by atoms with Gasteiger partial charge in [-0.15, -0.1) is 0 Å². The third-order valence-electron chi connectivity index (χ3n) is 4.05. The molecule has 3 heterocycles. The average Bonchev–Trinajstić information content (AvgIpc) is 2.39. The molecule has 2 aliphatic heterocycles. The van der Waals surface area contributed by atoms with E-state index < -0.39 is 0 Å². The van der Waals surface area contributed by atoms with Crippen LogP contribution in [-0.4, -0.2) is 66.0 Å². The maximum Gasteiger partial charge on any atom is 0.227 e. The Kier molecular flexibility index (Phi) is 3.75. The number of carbonyl (C=O) groups is 1. The minimum absolute atomic E-state index is 0.234. The largest absolute Gasteiger partial charge is 0.340 e. The Morgan fingerprint density at radius 3 is 2.47 bits per heavy atom. The molecule has 0 radical (unpaired) electrons. The molecule has 0 atom stereocenters. The summed E-state index contributed by atoms with van der Waals surface area (Å²) in [6.07, 6.45) is 3.97. The average molecular weight is 260 g/mol. The van der Waals surface area contributed by atoms with Crippen molar-refractivity contribution in [1.29, 1.82) is 0 Å². The molecule has 0 unspecified atom stereocenters. The van der Waals surface area contributed by atoms with Crippen molar-refractivity contribution < 1.29 is 4.79 Å². The van der Waals surface area contributed by atoms with E-state index in [2.05, 4.69) is 15.2 Å². The van der Waals surface area contributed by atoms with Gasteiger partial charge in [-0.05, 0) is 17.7 Å². The molecule has 0 spiro atoms. The predicted molar refractivity (Wildman–Crippen MR) is 72.8 cm³/mol. The van der Waals surface area contributed by atoms with Gasteiger partial charge in [0.25, 0.3) is 0 Å². The highest BCUT2D eigenvalue weighted by Gasteiger charge is 2.28. The van der Waals surface area contributed by atoms with E-state index >= 15 is 0 Å². The summed E-state index contributed by atoms with van der Waals surface area (Å²) >= 11 is 0. The second kappa shape index (κ2) is 5.67. The van der Waals surface area contributed by atoms with E-state index in [1.165, 1.54) is 0 Å². The Morgan fingerprint density at radius 1 is 1.21 bits per heavy atom. The standard InChI is InChI=1S/C14H20N4O/c19-14(9-12-1-3-15-4-2-12)18-7-5-17(6-8-18)13-10-16-11-13/h1-4,13,16H,5-11H2. The molecule has 2 aliphatic rings. The SMILES string of the molecule is O=C(Cc1ccncc1)N1CCN(C2CNC2)CC1. The molecule has 2 fully saturated rings. The van der Waals surface area contributed by atoms with Gasteiger partial charge < -0.3 is 10.2 Å². The van der Waals surface area contributed by atoms with E-state index in [0.29, 0.717) is 12.5 Å². The van der Waals surface area contributed by atoms with Crippen LogP contribution in [0.5, 0.6) is 0 Å². The fourth-order valence-electron chi connectivity index (χ4n) is 2.66. The fraction of sp³-hybridized carbons (Fsp3) is 0.571. The summed E-state index contributed by atoms with van der Waals surface area (Å²) in [6, 6.07) is 4.51. The number of carbonyl (C=O) groups excluding carboxylic acids is 1. The zero-order valence-corrected chi connectivity index (χ0v) is 11.1.